The summed E-state index contributed by atoms with van der Waals surface area (Å²) in [6, 6.07) is 5.25. The second-order valence-electron chi connectivity index (χ2n) is 4.52. The summed E-state index contributed by atoms with van der Waals surface area (Å²) in [5.41, 5.74) is 5.70. The monoisotopic (exact) mass is 339 g/mol. The lowest BCUT2D eigenvalue weighted by Gasteiger charge is -2.13. The van der Waals surface area contributed by atoms with Crippen molar-refractivity contribution in [3.05, 3.63) is 24.3 Å². The Morgan fingerprint density at radius 2 is 1.74 bits per heavy atom. The summed E-state index contributed by atoms with van der Waals surface area (Å²) in [6.45, 7) is 2.63. The van der Waals surface area contributed by atoms with Crippen LogP contribution in [0.3, 0.4) is 0 Å². The first-order valence-electron chi connectivity index (χ1n) is 6.56. The van der Waals surface area contributed by atoms with Crippen LogP contribution in [0.25, 0.3) is 0 Å². The topological polar surface area (TPSA) is 128 Å². The van der Waals surface area contributed by atoms with Gasteiger partial charge in [-0.25, -0.2) is 4.79 Å². The Hall–Kier alpha value is -2.55. The summed E-state index contributed by atoms with van der Waals surface area (Å²) in [5.74, 6) is -1.11. The van der Waals surface area contributed by atoms with E-state index in [1.54, 1.807) is 12.1 Å². The first kappa shape index (κ1) is 18.5. The average Bonchev–Trinajstić information content (AvgIpc) is 2.44. The number of carbonyl (C=O) groups is 4. The third kappa shape index (κ3) is 7.32. The number of nitrogens with one attached hydrogen (secondary N) is 2. The zero-order valence-electron chi connectivity index (χ0n) is 12.6. The van der Waals surface area contributed by atoms with Gasteiger partial charge in [-0.15, -0.1) is 0 Å². The van der Waals surface area contributed by atoms with Gasteiger partial charge in [0.05, 0.1) is 0 Å². The number of carbonyl (C=O) groups excluding carboxylic acids is 4. The van der Waals surface area contributed by atoms with E-state index in [1.165, 1.54) is 26.0 Å². The first-order chi connectivity index (χ1) is 10.8. The molecule has 0 saturated carbocycles. The molecule has 23 heavy (non-hydrogen) atoms. The summed E-state index contributed by atoms with van der Waals surface area (Å²) >= 11 is 0.718. The number of hydrogen-bond acceptors (Lipinski definition) is 6. The summed E-state index contributed by atoms with van der Waals surface area (Å²) in [6.07, 6.45) is 0. The van der Waals surface area contributed by atoms with Gasteiger partial charge >= 0.3 is 5.30 Å². The quantitative estimate of drug-likeness (QED) is 0.660. The highest BCUT2D eigenvalue weighted by atomic mass is 32.2. The molecule has 4 N–H and O–H groups in total. The molecular formula is C14H17N3O5S. The zero-order valence-corrected chi connectivity index (χ0v) is 13.4. The molecule has 0 aliphatic rings. The Labute approximate surface area is 137 Å². The van der Waals surface area contributed by atoms with Gasteiger partial charge in [0, 0.05) is 25.3 Å². The van der Waals surface area contributed by atoms with E-state index in [1.807, 2.05) is 0 Å². The molecule has 8 nitrogen and oxygen atoms in total. The number of hydrogen-bond donors (Lipinski definition) is 3. The van der Waals surface area contributed by atoms with Crippen molar-refractivity contribution in [1.29, 1.82) is 0 Å². The molecule has 1 unspecified atom stereocenters. The van der Waals surface area contributed by atoms with Gasteiger partial charge in [0.1, 0.15) is 11.8 Å². The van der Waals surface area contributed by atoms with Crippen molar-refractivity contribution in [2.45, 2.75) is 19.9 Å². The molecule has 0 saturated heterocycles. The van der Waals surface area contributed by atoms with Gasteiger partial charge in [-0.1, -0.05) is 0 Å². The number of benzene rings is 1. The lowest BCUT2D eigenvalue weighted by molar-refractivity contribution is -0.125. The smallest absolute Gasteiger partial charge is 0.372 e. The van der Waals surface area contributed by atoms with Crippen molar-refractivity contribution in [2.24, 2.45) is 5.73 Å². The van der Waals surface area contributed by atoms with Crippen LogP contribution in [0.2, 0.25) is 0 Å². The van der Waals surface area contributed by atoms with Gasteiger partial charge in [-0.3, -0.25) is 14.4 Å². The normalized spacial score (nSPS) is 11.2. The number of primary amides is 1. The highest BCUT2D eigenvalue weighted by molar-refractivity contribution is 8.13. The van der Waals surface area contributed by atoms with Gasteiger partial charge < -0.3 is 21.1 Å². The number of nitrogens with two attached hydrogens (primary N) is 1. The number of rotatable bonds is 6. The average molecular weight is 339 g/mol. The molecule has 0 fully saturated rings. The predicted molar refractivity (Wildman–Crippen MR) is 86.0 cm³/mol. The molecular weight excluding hydrogens is 322 g/mol. The van der Waals surface area contributed by atoms with Crippen LogP contribution in [-0.2, 0) is 14.4 Å². The van der Waals surface area contributed by atoms with Crippen LogP contribution in [-0.4, -0.2) is 34.8 Å². The molecule has 124 valence electrons. The molecule has 1 atom stereocenters. The van der Waals surface area contributed by atoms with E-state index in [2.05, 4.69) is 10.6 Å². The van der Waals surface area contributed by atoms with E-state index in [4.69, 9.17) is 10.5 Å². The largest absolute Gasteiger partial charge is 0.418 e. The Kier molecular flexibility index (Phi) is 7.07. The van der Waals surface area contributed by atoms with E-state index in [0.717, 1.165) is 11.8 Å². The second-order valence-corrected chi connectivity index (χ2v) is 5.48. The van der Waals surface area contributed by atoms with Gasteiger partial charge in [-0.05, 0) is 36.0 Å². The Morgan fingerprint density at radius 3 is 2.22 bits per heavy atom. The SMILES string of the molecule is CC(=O)Nc1ccc(OC(=O)SCC(NC(C)=O)C(N)=O)cc1. The van der Waals surface area contributed by atoms with E-state index < -0.39 is 23.2 Å². The fourth-order valence-corrected chi connectivity index (χ4v) is 2.23. The molecule has 0 aliphatic heterocycles. The number of ether oxygens (including phenoxy) is 1. The van der Waals surface area contributed by atoms with E-state index in [0.29, 0.717) is 5.69 Å². The van der Waals surface area contributed by atoms with Gasteiger partial charge in [0.25, 0.3) is 0 Å². The first-order valence-corrected chi connectivity index (χ1v) is 7.55. The predicted octanol–water partition coefficient (Wildman–Crippen LogP) is 0.867. The van der Waals surface area contributed by atoms with Crippen LogP contribution < -0.4 is 21.1 Å². The van der Waals surface area contributed by atoms with Crippen molar-refractivity contribution in [3.63, 3.8) is 0 Å². The molecule has 0 heterocycles. The summed E-state index contributed by atoms with van der Waals surface area (Å²) in [5, 5.41) is 4.28. The second kappa shape index (κ2) is 8.79. The van der Waals surface area contributed by atoms with Gasteiger partial charge in [0.15, 0.2) is 0 Å². The Morgan fingerprint density at radius 1 is 1.13 bits per heavy atom. The minimum absolute atomic E-state index is 0.0300. The lowest BCUT2D eigenvalue weighted by Crippen LogP contribution is -2.45. The Bertz CT molecular complexity index is 603. The molecule has 0 bridgehead atoms. The summed E-state index contributed by atoms with van der Waals surface area (Å²) in [7, 11) is 0. The van der Waals surface area contributed by atoms with Crippen molar-refractivity contribution in [3.8, 4) is 5.75 Å². The minimum atomic E-state index is -0.952. The van der Waals surface area contributed by atoms with Crippen molar-refractivity contribution >= 4 is 40.5 Å². The Balaban J connectivity index is 2.51. The van der Waals surface area contributed by atoms with E-state index >= 15 is 0 Å². The maximum Gasteiger partial charge on any atom is 0.372 e. The fraction of sp³-hybridized carbons (Fsp3) is 0.286. The molecule has 0 radical (unpaired) electrons. The van der Waals surface area contributed by atoms with Gasteiger partial charge in [-0.2, -0.15) is 0 Å². The number of thioether (sulfide) groups is 1. The maximum atomic E-state index is 11.7. The van der Waals surface area contributed by atoms with E-state index in [-0.39, 0.29) is 17.4 Å². The number of anilines is 1. The zero-order chi connectivity index (χ0) is 17.4. The molecule has 9 heteroatoms. The molecule has 0 aliphatic carbocycles. The fourth-order valence-electron chi connectivity index (χ4n) is 1.53. The third-order valence-corrected chi connectivity index (χ3v) is 3.28. The third-order valence-electron chi connectivity index (χ3n) is 2.46. The van der Waals surface area contributed by atoms with Crippen LogP contribution in [0, 0.1) is 0 Å². The van der Waals surface area contributed by atoms with Crippen molar-refractivity contribution in [1.82, 2.24) is 5.32 Å². The lowest BCUT2D eigenvalue weighted by atomic mass is 10.3. The van der Waals surface area contributed by atoms with Crippen LogP contribution in [0.1, 0.15) is 13.8 Å². The molecule has 1 aromatic carbocycles. The molecule has 0 spiro atoms. The van der Waals surface area contributed by atoms with E-state index in [9.17, 15) is 19.2 Å². The minimum Gasteiger partial charge on any atom is -0.418 e. The van der Waals surface area contributed by atoms with Crippen LogP contribution in [0.15, 0.2) is 24.3 Å². The van der Waals surface area contributed by atoms with Crippen molar-refractivity contribution < 1.29 is 23.9 Å². The van der Waals surface area contributed by atoms with Crippen molar-refractivity contribution in [2.75, 3.05) is 11.1 Å². The van der Waals surface area contributed by atoms with Crippen LogP contribution in [0.4, 0.5) is 10.5 Å². The number of amides is 3. The van der Waals surface area contributed by atoms with Crippen LogP contribution >= 0.6 is 11.8 Å². The standard InChI is InChI=1S/C14H17N3O5S/c1-8(18)16-10-3-5-11(6-4-10)22-14(21)23-7-12(13(15)20)17-9(2)19/h3-6,12H,7H2,1-2H3,(H2,15,20)(H,16,18)(H,17,19). The molecule has 3 amide bonds. The maximum absolute atomic E-state index is 11.7. The molecule has 1 rings (SSSR count). The summed E-state index contributed by atoms with van der Waals surface area (Å²) < 4.78 is 5.06. The highest BCUT2D eigenvalue weighted by Crippen LogP contribution is 2.18. The van der Waals surface area contributed by atoms with Crippen LogP contribution in [0.5, 0.6) is 5.75 Å². The van der Waals surface area contributed by atoms with Gasteiger partial charge in [0.2, 0.25) is 17.7 Å². The summed E-state index contributed by atoms with van der Waals surface area (Å²) in [4.78, 5) is 44.7. The molecule has 1 aromatic rings. The highest BCUT2D eigenvalue weighted by Gasteiger charge is 2.19. The molecule has 0 aromatic heterocycles.